The van der Waals surface area contributed by atoms with Gasteiger partial charge in [0.1, 0.15) is 0 Å². The van der Waals surface area contributed by atoms with Crippen LogP contribution in [0.4, 0.5) is 0 Å². The van der Waals surface area contributed by atoms with Gasteiger partial charge in [-0.2, -0.15) is 5.26 Å². The second kappa shape index (κ2) is 7.18. The summed E-state index contributed by atoms with van der Waals surface area (Å²) < 4.78 is 0. The number of benzene rings is 2. The Morgan fingerprint density at radius 1 is 0.880 bits per heavy atom. The molecule has 2 aromatic rings. The Morgan fingerprint density at radius 3 is 2.08 bits per heavy atom. The van der Waals surface area contributed by atoms with Gasteiger partial charge in [0.25, 0.3) is 5.91 Å². The van der Waals surface area contributed by atoms with E-state index in [1.165, 1.54) is 0 Å². The Balaban J connectivity index is 1.90. The first-order chi connectivity index (χ1) is 12.1. The number of hydrogen-bond acceptors (Lipinski definition) is 3. The molecule has 126 valence electrons. The molecule has 0 aromatic heterocycles. The van der Waals surface area contributed by atoms with Crippen molar-refractivity contribution in [1.29, 1.82) is 5.26 Å². The molecule has 0 saturated carbocycles. The average molecular weight is 333 g/mol. The van der Waals surface area contributed by atoms with Crippen LogP contribution in [0.3, 0.4) is 0 Å². The number of nitrogens with zero attached hydrogens (tertiary/aromatic N) is 3. The summed E-state index contributed by atoms with van der Waals surface area (Å²) >= 11 is 0. The van der Waals surface area contributed by atoms with E-state index in [1.807, 2.05) is 36.4 Å². The summed E-state index contributed by atoms with van der Waals surface area (Å²) in [4.78, 5) is 28.0. The normalized spacial score (nSPS) is 14.1. The van der Waals surface area contributed by atoms with Crippen LogP contribution in [-0.4, -0.2) is 47.8 Å². The van der Waals surface area contributed by atoms with Crippen molar-refractivity contribution in [2.24, 2.45) is 0 Å². The van der Waals surface area contributed by atoms with Crippen molar-refractivity contribution in [3.8, 4) is 17.2 Å². The summed E-state index contributed by atoms with van der Waals surface area (Å²) in [5, 5.41) is 9.36. The van der Waals surface area contributed by atoms with E-state index < -0.39 is 0 Å². The van der Waals surface area contributed by atoms with Gasteiger partial charge in [0.2, 0.25) is 5.91 Å². The van der Waals surface area contributed by atoms with Crippen molar-refractivity contribution in [1.82, 2.24) is 9.80 Å². The number of carbonyl (C=O) groups is 2. The van der Waals surface area contributed by atoms with E-state index in [0.29, 0.717) is 37.3 Å². The molecule has 1 saturated heterocycles. The molecule has 0 atom stereocenters. The maximum absolute atomic E-state index is 13.0. The average Bonchev–Trinajstić information content (AvgIpc) is 2.67. The van der Waals surface area contributed by atoms with Gasteiger partial charge in [-0.05, 0) is 17.7 Å². The third kappa shape index (κ3) is 3.38. The van der Waals surface area contributed by atoms with Crippen LogP contribution in [0, 0.1) is 11.3 Å². The van der Waals surface area contributed by atoms with Gasteiger partial charge in [0.15, 0.2) is 0 Å². The Bertz CT molecular complexity index is 846. The van der Waals surface area contributed by atoms with Gasteiger partial charge in [0.05, 0.1) is 11.6 Å². The van der Waals surface area contributed by atoms with Gasteiger partial charge < -0.3 is 9.80 Å². The lowest BCUT2D eigenvalue weighted by atomic mass is 9.95. The second-order valence-corrected chi connectivity index (χ2v) is 6.00. The molecule has 1 aliphatic heterocycles. The number of nitriles is 1. The first kappa shape index (κ1) is 16.7. The van der Waals surface area contributed by atoms with Gasteiger partial charge in [-0.1, -0.05) is 36.4 Å². The van der Waals surface area contributed by atoms with E-state index in [1.54, 1.807) is 28.9 Å². The monoisotopic (exact) mass is 333 g/mol. The summed E-state index contributed by atoms with van der Waals surface area (Å²) in [7, 11) is 0. The number of carbonyl (C=O) groups excluding carboxylic acids is 2. The van der Waals surface area contributed by atoms with Crippen LogP contribution in [0.25, 0.3) is 11.1 Å². The highest BCUT2D eigenvalue weighted by molar-refractivity contribution is 6.01. The first-order valence-corrected chi connectivity index (χ1v) is 8.25. The van der Waals surface area contributed by atoms with Crippen molar-refractivity contribution < 1.29 is 9.59 Å². The maximum Gasteiger partial charge on any atom is 0.254 e. The molecule has 0 radical (unpaired) electrons. The zero-order chi connectivity index (χ0) is 17.8. The molecule has 0 spiro atoms. The molecule has 5 nitrogen and oxygen atoms in total. The molecular weight excluding hydrogens is 314 g/mol. The Morgan fingerprint density at radius 2 is 1.44 bits per heavy atom. The van der Waals surface area contributed by atoms with Crippen molar-refractivity contribution in [3.05, 3.63) is 59.7 Å². The minimum Gasteiger partial charge on any atom is -0.339 e. The lowest BCUT2D eigenvalue weighted by molar-refractivity contribution is -0.130. The Kier molecular flexibility index (Phi) is 4.80. The predicted octanol–water partition coefficient (Wildman–Crippen LogP) is 2.53. The van der Waals surface area contributed by atoms with Gasteiger partial charge in [-0.15, -0.1) is 0 Å². The molecule has 2 aromatic carbocycles. The molecule has 2 amide bonds. The lowest BCUT2D eigenvalue weighted by Crippen LogP contribution is -2.50. The summed E-state index contributed by atoms with van der Waals surface area (Å²) in [6, 6.07) is 16.8. The first-order valence-electron chi connectivity index (χ1n) is 8.25. The Labute approximate surface area is 147 Å². The van der Waals surface area contributed by atoms with Crippen LogP contribution < -0.4 is 0 Å². The molecule has 25 heavy (non-hydrogen) atoms. The number of hydrogen-bond donors (Lipinski definition) is 0. The van der Waals surface area contributed by atoms with Crippen LogP contribution in [0.2, 0.25) is 0 Å². The molecule has 5 heteroatoms. The second-order valence-electron chi connectivity index (χ2n) is 6.00. The van der Waals surface area contributed by atoms with Crippen molar-refractivity contribution in [2.45, 2.75) is 6.92 Å². The van der Waals surface area contributed by atoms with Crippen LogP contribution in [0.1, 0.15) is 22.8 Å². The fourth-order valence-electron chi connectivity index (χ4n) is 3.11. The zero-order valence-corrected chi connectivity index (χ0v) is 14.1. The van der Waals surface area contributed by atoms with Crippen LogP contribution in [0.5, 0.6) is 0 Å². The van der Waals surface area contributed by atoms with Crippen molar-refractivity contribution in [3.63, 3.8) is 0 Å². The molecule has 1 fully saturated rings. The highest BCUT2D eigenvalue weighted by atomic mass is 16.2. The van der Waals surface area contributed by atoms with Gasteiger partial charge >= 0.3 is 0 Å². The zero-order valence-electron chi connectivity index (χ0n) is 14.1. The smallest absolute Gasteiger partial charge is 0.254 e. The topological polar surface area (TPSA) is 64.4 Å². The standard InChI is InChI=1S/C20H19N3O2/c1-15(24)22-10-12-23(13-11-22)20(25)19-9-5-4-8-18(19)17-7-3-2-6-16(17)14-21/h2-9H,10-13H2,1H3. The highest BCUT2D eigenvalue weighted by Gasteiger charge is 2.25. The number of rotatable bonds is 2. The lowest BCUT2D eigenvalue weighted by Gasteiger charge is -2.34. The quantitative estimate of drug-likeness (QED) is 0.848. The predicted molar refractivity (Wildman–Crippen MR) is 94.8 cm³/mol. The van der Waals surface area contributed by atoms with Crippen molar-refractivity contribution >= 4 is 11.8 Å². The van der Waals surface area contributed by atoms with Crippen LogP contribution >= 0.6 is 0 Å². The summed E-state index contributed by atoms with van der Waals surface area (Å²) in [5.41, 5.74) is 2.65. The Hall–Kier alpha value is -3.13. The minimum absolute atomic E-state index is 0.0375. The van der Waals surface area contributed by atoms with E-state index in [4.69, 9.17) is 0 Å². The molecular formula is C20H19N3O2. The summed E-state index contributed by atoms with van der Waals surface area (Å²) in [5.74, 6) is -0.0259. The van der Waals surface area contributed by atoms with E-state index in [-0.39, 0.29) is 11.8 Å². The van der Waals surface area contributed by atoms with Gasteiger partial charge in [-0.25, -0.2) is 0 Å². The van der Waals surface area contributed by atoms with E-state index in [9.17, 15) is 14.9 Å². The minimum atomic E-state index is -0.0634. The fraction of sp³-hybridized carbons (Fsp3) is 0.250. The highest BCUT2D eigenvalue weighted by Crippen LogP contribution is 2.28. The summed E-state index contributed by atoms with van der Waals surface area (Å²) in [6.07, 6.45) is 0. The van der Waals surface area contributed by atoms with Crippen LogP contribution in [-0.2, 0) is 4.79 Å². The number of amides is 2. The third-order valence-corrected chi connectivity index (χ3v) is 4.51. The molecule has 3 rings (SSSR count). The third-order valence-electron chi connectivity index (χ3n) is 4.51. The van der Waals surface area contributed by atoms with Gasteiger partial charge in [0, 0.05) is 44.2 Å². The largest absolute Gasteiger partial charge is 0.339 e. The number of piperazine rings is 1. The fourth-order valence-corrected chi connectivity index (χ4v) is 3.11. The van der Waals surface area contributed by atoms with Crippen LogP contribution in [0.15, 0.2) is 48.5 Å². The van der Waals surface area contributed by atoms with Crippen molar-refractivity contribution in [2.75, 3.05) is 26.2 Å². The molecule has 0 aliphatic carbocycles. The molecule has 0 unspecified atom stereocenters. The van der Waals surface area contributed by atoms with Gasteiger partial charge in [-0.3, -0.25) is 9.59 Å². The molecule has 0 N–H and O–H groups in total. The summed E-state index contributed by atoms with van der Waals surface area (Å²) in [6.45, 7) is 3.70. The SMILES string of the molecule is CC(=O)N1CCN(C(=O)c2ccccc2-c2ccccc2C#N)CC1. The maximum atomic E-state index is 13.0. The molecule has 1 aliphatic rings. The van der Waals surface area contributed by atoms with E-state index in [2.05, 4.69) is 6.07 Å². The molecule has 1 heterocycles. The van der Waals surface area contributed by atoms with E-state index in [0.717, 1.165) is 11.1 Å². The van der Waals surface area contributed by atoms with E-state index >= 15 is 0 Å². The molecule has 0 bridgehead atoms.